The zero-order chi connectivity index (χ0) is 20.0. The minimum absolute atomic E-state index is 0.100. The van der Waals surface area contributed by atoms with E-state index in [4.69, 9.17) is 0 Å². The highest BCUT2D eigenvalue weighted by molar-refractivity contribution is 6.04. The summed E-state index contributed by atoms with van der Waals surface area (Å²) in [6, 6.07) is 4.59. The van der Waals surface area contributed by atoms with Crippen molar-refractivity contribution in [1.82, 2.24) is 9.97 Å². The molecule has 0 aliphatic rings. The zero-order valence-electron chi connectivity index (χ0n) is 13.2. The van der Waals surface area contributed by atoms with Crippen LogP contribution in [0.15, 0.2) is 36.7 Å². The lowest BCUT2D eigenvalue weighted by atomic mass is 10.2. The molecule has 0 saturated carbocycles. The fourth-order valence-electron chi connectivity index (χ4n) is 1.69. The number of carbonyl (C=O) groups is 1. The normalized spacial score (nSPS) is 11.6. The number of pyridine rings is 2. The number of anilines is 1. The summed E-state index contributed by atoms with van der Waals surface area (Å²) in [5, 5.41) is 2.21. The number of halogens is 6. The van der Waals surface area contributed by atoms with Crippen LogP contribution in [0.3, 0.4) is 0 Å². The van der Waals surface area contributed by atoms with Crippen molar-refractivity contribution < 1.29 is 40.6 Å². The minimum Gasteiger partial charge on any atom is -0.471 e. The number of nitrogens with zero attached hydrogens (tertiary/aromatic N) is 2. The first-order chi connectivity index (χ1) is 12.7. The summed E-state index contributed by atoms with van der Waals surface area (Å²) in [7, 11) is 0. The smallest absolute Gasteiger partial charge is 0.387 e. The summed E-state index contributed by atoms with van der Waals surface area (Å²) in [4.78, 5) is 19.3. The van der Waals surface area contributed by atoms with E-state index in [0.717, 1.165) is 24.4 Å². The predicted octanol–water partition coefficient (Wildman–Crippen LogP) is 3.61. The van der Waals surface area contributed by atoms with Gasteiger partial charge in [0.05, 0.1) is 5.56 Å². The SMILES string of the molecule is O=C(Nc1ncccc1OC(F)F)c1ccc(OCC(F)(F)C(F)F)nc1. The van der Waals surface area contributed by atoms with Crippen molar-refractivity contribution in [2.45, 2.75) is 19.0 Å². The Morgan fingerprint density at radius 1 is 1.15 bits per heavy atom. The Hall–Kier alpha value is -3.05. The molecule has 2 rings (SSSR count). The van der Waals surface area contributed by atoms with E-state index in [2.05, 4.69) is 24.8 Å². The molecule has 2 aromatic heterocycles. The number of hydrogen-bond acceptors (Lipinski definition) is 5. The number of aromatic nitrogens is 2. The molecule has 0 radical (unpaired) electrons. The van der Waals surface area contributed by atoms with Crippen molar-refractivity contribution in [1.29, 1.82) is 0 Å². The second-order valence-electron chi connectivity index (χ2n) is 4.92. The molecule has 0 unspecified atom stereocenters. The van der Waals surface area contributed by atoms with Crippen LogP contribution in [0.2, 0.25) is 0 Å². The number of nitrogens with one attached hydrogen (secondary N) is 1. The van der Waals surface area contributed by atoms with Crippen LogP contribution in [0.25, 0.3) is 0 Å². The Morgan fingerprint density at radius 2 is 1.89 bits per heavy atom. The molecule has 146 valence electrons. The maximum Gasteiger partial charge on any atom is 0.387 e. The average Bonchev–Trinajstić information content (AvgIpc) is 2.61. The van der Waals surface area contributed by atoms with Crippen LogP contribution in [-0.4, -0.2) is 41.4 Å². The van der Waals surface area contributed by atoms with Gasteiger partial charge in [-0.15, -0.1) is 0 Å². The second-order valence-corrected chi connectivity index (χ2v) is 4.92. The van der Waals surface area contributed by atoms with Gasteiger partial charge in [-0.2, -0.15) is 17.6 Å². The van der Waals surface area contributed by atoms with Crippen molar-refractivity contribution in [3.05, 3.63) is 42.2 Å². The lowest BCUT2D eigenvalue weighted by Crippen LogP contribution is -2.33. The third-order valence-electron chi connectivity index (χ3n) is 2.95. The average molecular weight is 395 g/mol. The zero-order valence-corrected chi connectivity index (χ0v) is 13.2. The molecule has 0 spiro atoms. The van der Waals surface area contributed by atoms with Crippen molar-refractivity contribution in [2.24, 2.45) is 0 Å². The van der Waals surface area contributed by atoms with Gasteiger partial charge in [0, 0.05) is 18.5 Å². The van der Waals surface area contributed by atoms with Gasteiger partial charge < -0.3 is 14.8 Å². The lowest BCUT2D eigenvalue weighted by molar-refractivity contribution is -0.148. The molecule has 0 bridgehead atoms. The first-order valence-electron chi connectivity index (χ1n) is 7.15. The Kier molecular flexibility index (Phi) is 6.42. The van der Waals surface area contributed by atoms with Crippen LogP contribution in [0, 0.1) is 0 Å². The van der Waals surface area contributed by atoms with Gasteiger partial charge in [-0.1, -0.05) is 0 Å². The molecular formula is C15H11F6N3O3. The monoisotopic (exact) mass is 395 g/mol. The molecule has 27 heavy (non-hydrogen) atoms. The molecule has 1 N–H and O–H groups in total. The van der Waals surface area contributed by atoms with Crippen molar-refractivity contribution in [2.75, 3.05) is 11.9 Å². The van der Waals surface area contributed by atoms with Crippen LogP contribution in [0.5, 0.6) is 11.6 Å². The topological polar surface area (TPSA) is 73.3 Å². The Bertz CT molecular complexity index is 774. The first-order valence-corrected chi connectivity index (χ1v) is 7.15. The standard InChI is InChI=1S/C15H11F6N3O3/c16-13(17)15(20,21)7-26-10-4-3-8(6-23-10)12(25)24-11-9(27-14(18)19)2-1-5-22-11/h1-6,13-14H,7H2,(H,22,24,25). The van der Waals surface area contributed by atoms with E-state index in [-0.39, 0.29) is 17.1 Å². The van der Waals surface area contributed by atoms with E-state index in [1.807, 2.05) is 0 Å². The Morgan fingerprint density at radius 3 is 2.48 bits per heavy atom. The molecule has 0 atom stereocenters. The second kappa shape index (κ2) is 8.56. The van der Waals surface area contributed by atoms with E-state index in [1.165, 1.54) is 12.3 Å². The molecule has 0 aromatic carbocycles. The maximum atomic E-state index is 12.8. The number of carbonyl (C=O) groups excluding carboxylic acids is 1. The molecule has 0 saturated heterocycles. The highest BCUT2D eigenvalue weighted by Crippen LogP contribution is 2.25. The number of alkyl halides is 6. The Balaban J connectivity index is 2.02. The van der Waals surface area contributed by atoms with Crippen LogP contribution >= 0.6 is 0 Å². The Labute approximate surface area is 148 Å². The van der Waals surface area contributed by atoms with Crippen LogP contribution in [-0.2, 0) is 0 Å². The van der Waals surface area contributed by atoms with Gasteiger partial charge in [-0.3, -0.25) is 4.79 Å². The summed E-state index contributed by atoms with van der Waals surface area (Å²) in [5.74, 6) is -6.23. The van der Waals surface area contributed by atoms with Gasteiger partial charge in [0.1, 0.15) is 0 Å². The van der Waals surface area contributed by atoms with E-state index in [0.29, 0.717) is 0 Å². The van der Waals surface area contributed by atoms with E-state index in [9.17, 15) is 31.1 Å². The molecule has 1 amide bonds. The third kappa shape index (κ3) is 5.72. The largest absolute Gasteiger partial charge is 0.471 e. The van der Waals surface area contributed by atoms with Crippen molar-refractivity contribution in [3.63, 3.8) is 0 Å². The summed E-state index contributed by atoms with van der Waals surface area (Å²) in [6.07, 6.45) is -1.75. The van der Waals surface area contributed by atoms with Crippen molar-refractivity contribution in [3.8, 4) is 11.6 Å². The number of rotatable bonds is 8. The summed E-state index contributed by atoms with van der Waals surface area (Å²) in [5.41, 5.74) is -0.100. The molecule has 2 heterocycles. The number of ether oxygens (including phenoxy) is 2. The van der Waals surface area contributed by atoms with E-state index >= 15 is 0 Å². The maximum absolute atomic E-state index is 12.8. The summed E-state index contributed by atoms with van der Waals surface area (Å²) in [6.45, 7) is -4.72. The highest BCUT2D eigenvalue weighted by Gasteiger charge is 2.41. The lowest BCUT2D eigenvalue weighted by Gasteiger charge is -2.15. The fourth-order valence-corrected chi connectivity index (χ4v) is 1.69. The predicted molar refractivity (Wildman–Crippen MR) is 79.5 cm³/mol. The summed E-state index contributed by atoms with van der Waals surface area (Å²) < 4.78 is 82.9. The van der Waals surface area contributed by atoms with E-state index in [1.54, 1.807) is 0 Å². The molecule has 6 nitrogen and oxygen atoms in total. The molecule has 12 heteroatoms. The van der Waals surface area contributed by atoms with Crippen LogP contribution < -0.4 is 14.8 Å². The van der Waals surface area contributed by atoms with E-state index < -0.39 is 37.4 Å². The first kappa shape index (κ1) is 20.3. The molecule has 2 aromatic rings. The van der Waals surface area contributed by atoms with Crippen LogP contribution in [0.4, 0.5) is 32.2 Å². The van der Waals surface area contributed by atoms with Gasteiger partial charge in [0.2, 0.25) is 5.88 Å². The summed E-state index contributed by atoms with van der Waals surface area (Å²) >= 11 is 0. The quantitative estimate of drug-likeness (QED) is 0.692. The molecule has 0 aliphatic heterocycles. The van der Waals surface area contributed by atoms with Gasteiger partial charge in [0.25, 0.3) is 5.91 Å². The van der Waals surface area contributed by atoms with Gasteiger partial charge in [-0.05, 0) is 18.2 Å². The van der Waals surface area contributed by atoms with Crippen molar-refractivity contribution >= 4 is 11.7 Å². The van der Waals surface area contributed by atoms with Gasteiger partial charge in [-0.25, -0.2) is 18.7 Å². The highest BCUT2D eigenvalue weighted by atomic mass is 19.3. The molecule has 0 fully saturated rings. The van der Waals surface area contributed by atoms with Crippen LogP contribution in [0.1, 0.15) is 10.4 Å². The molecule has 0 aliphatic carbocycles. The van der Waals surface area contributed by atoms with Gasteiger partial charge >= 0.3 is 19.0 Å². The number of hydrogen-bond donors (Lipinski definition) is 1. The minimum atomic E-state index is -4.35. The fraction of sp³-hybridized carbons (Fsp3) is 0.267. The molecular weight excluding hydrogens is 384 g/mol. The van der Waals surface area contributed by atoms with Gasteiger partial charge in [0.15, 0.2) is 18.2 Å². The third-order valence-corrected chi connectivity index (χ3v) is 2.95. The number of amides is 1.